The van der Waals surface area contributed by atoms with E-state index < -0.39 is 11.9 Å². The summed E-state index contributed by atoms with van der Waals surface area (Å²) >= 11 is 0. The van der Waals surface area contributed by atoms with Gasteiger partial charge in [0.2, 0.25) is 5.91 Å². The molecule has 0 spiro atoms. The molecule has 1 atom stereocenters. The van der Waals surface area contributed by atoms with Crippen molar-refractivity contribution in [3.8, 4) is 5.75 Å². The zero-order valence-corrected chi connectivity index (χ0v) is 16.2. The van der Waals surface area contributed by atoms with Gasteiger partial charge in [-0.2, -0.15) is 5.10 Å². The Kier molecular flexibility index (Phi) is 6.43. The number of amides is 3. The van der Waals surface area contributed by atoms with Crippen LogP contribution < -0.4 is 21.1 Å². The maximum Gasteiger partial charge on any atom is 0.255 e. The number of carbonyl (C=O) groups is 3. The number of ether oxygens (including phenoxy) is 1. The molecule has 154 valence electrons. The van der Waals surface area contributed by atoms with Gasteiger partial charge in [-0.05, 0) is 49.4 Å². The van der Waals surface area contributed by atoms with Crippen LogP contribution in [-0.2, 0) is 9.59 Å². The molecule has 30 heavy (non-hydrogen) atoms. The molecule has 2 aromatic carbocycles. The maximum absolute atomic E-state index is 12.5. The zero-order chi connectivity index (χ0) is 21.5. The van der Waals surface area contributed by atoms with Gasteiger partial charge in [0.1, 0.15) is 11.8 Å². The number of nitrogens with two attached hydrogens (primary N) is 1. The van der Waals surface area contributed by atoms with Gasteiger partial charge in [0.15, 0.2) is 6.61 Å². The molecule has 3 rings (SSSR count). The number of carbonyl (C=O) groups excluding carboxylic acids is 3. The van der Waals surface area contributed by atoms with E-state index in [9.17, 15) is 14.4 Å². The van der Waals surface area contributed by atoms with Crippen molar-refractivity contribution in [1.29, 1.82) is 0 Å². The largest absolute Gasteiger partial charge is 0.484 e. The third-order valence-corrected chi connectivity index (χ3v) is 4.17. The van der Waals surface area contributed by atoms with Crippen LogP contribution in [0.5, 0.6) is 5.75 Å². The monoisotopic (exact) mass is 407 g/mol. The van der Waals surface area contributed by atoms with E-state index in [0.717, 1.165) is 0 Å². The van der Waals surface area contributed by atoms with E-state index >= 15 is 0 Å². The molecule has 3 amide bonds. The Morgan fingerprint density at radius 2 is 1.80 bits per heavy atom. The summed E-state index contributed by atoms with van der Waals surface area (Å²) in [6, 6.07) is 14.4. The first-order valence-corrected chi connectivity index (χ1v) is 9.15. The lowest BCUT2D eigenvalue weighted by molar-refractivity contribution is -0.120. The predicted octanol–water partition coefficient (Wildman–Crippen LogP) is 2.20. The molecule has 0 radical (unpaired) electrons. The molecular weight excluding hydrogens is 386 g/mol. The molecule has 0 saturated carbocycles. The maximum atomic E-state index is 12.5. The molecule has 9 heteroatoms. The first-order valence-electron chi connectivity index (χ1n) is 9.15. The van der Waals surface area contributed by atoms with Gasteiger partial charge in [-0.15, -0.1) is 0 Å². The van der Waals surface area contributed by atoms with Crippen molar-refractivity contribution >= 4 is 29.1 Å². The van der Waals surface area contributed by atoms with Crippen molar-refractivity contribution < 1.29 is 19.1 Å². The van der Waals surface area contributed by atoms with Gasteiger partial charge in [-0.1, -0.05) is 12.1 Å². The van der Waals surface area contributed by atoms with Crippen LogP contribution in [0.4, 0.5) is 11.4 Å². The number of rotatable bonds is 8. The minimum absolute atomic E-state index is 0.235. The molecule has 0 aliphatic rings. The Morgan fingerprint density at radius 1 is 1.07 bits per heavy atom. The molecule has 9 nitrogen and oxygen atoms in total. The Labute approximate surface area is 172 Å². The van der Waals surface area contributed by atoms with Gasteiger partial charge in [0, 0.05) is 29.3 Å². The van der Waals surface area contributed by atoms with Gasteiger partial charge in [-0.3, -0.25) is 19.1 Å². The molecule has 1 unspecified atom stereocenters. The highest BCUT2D eigenvalue weighted by Crippen LogP contribution is 2.19. The van der Waals surface area contributed by atoms with E-state index in [1.807, 2.05) is 0 Å². The van der Waals surface area contributed by atoms with Crippen molar-refractivity contribution in [2.24, 2.45) is 5.73 Å². The van der Waals surface area contributed by atoms with E-state index in [2.05, 4.69) is 15.7 Å². The Hall–Kier alpha value is -4.14. The topological polar surface area (TPSA) is 128 Å². The van der Waals surface area contributed by atoms with Gasteiger partial charge in [0.05, 0.1) is 0 Å². The highest BCUT2D eigenvalue weighted by Gasteiger charge is 2.15. The summed E-state index contributed by atoms with van der Waals surface area (Å²) in [5.41, 5.74) is 6.45. The fourth-order valence-corrected chi connectivity index (χ4v) is 2.64. The molecule has 0 bridgehead atoms. The summed E-state index contributed by atoms with van der Waals surface area (Å²) in [4.78, 5) is 35.8. The summed E-state index contributed by atoms with van der Waals surface area (Å²) in [6.45, 7) is 1.46. The lowest BCUT2D eigenvalue weighted by Gasteiger charge is -2.13. The molecule has 0 aliphatic heterocycles. The Bertz CT molecular complexity index is 1050. The van der Waals surface area contributed by atoms with Crippen LogP contribution in [-0.4, -0.2) is 34.1 Å². The fraction of sp³-hybridized carbons (Fsp3) is 0.143. The number of aromatic nitrogens is 2. The number of primary amides is 1. The number of benzene rings is 2. The second kappa shape index (κ2) is 9.37. The second-order valence-corrected chi connectivity index (χ2v) is 6.47. The van der Waals surface area contributed by atoms with Crippen LogP contribution in [0.1, 0.15) is 23.3 Å². The van der Waals surface area contributed by atoms with Gasteiger partial charge in [-0.25, -0.2) is 0 Å². The molecule has 1 aromatic heterocycles. The molecule has 1 heterocycles. The highest BCUT2D eigenvalue weighted by atomic mass is 16.5. The lowest BCUT2D eigenvalue weighted by Crippen LogP contribution is -2.24. The summed E-state index contributed by atoms with van der Waals surface area (Å²) < 4.78 is 6.77. The van der Waals surface area contributed by atoms with Gasteiger partial charge in [0.25, 0.3) is 11.8 Å². The molecule has 3 aromatic rings. The fourth-order valence-electron chi connectivity index (χ4n) is 2.64. The summed E-state index contributed by atoms with van der Waals surface area (Å²) in [7, 11) is 0. The van der Waals surface area contributed by atoms with Crippen molar-refractivity contribution in [3.63, 3.8) is 0 Å². The van der Waals surface area contributed by atoms with Crippen LogP contribution in [0.15, 0.2) is 67.0 Å². The second-order valence-electron chi connectivity index (χ2n) is 6.47. The number of hydrogen-bond donors (Lipinski definition) is 3. The number of anilines is 2. The summed E-state index contributed by atoms with van der Waals surface area (Å²) in [5, 5.41) is 9.63. The summed E-state index contributed by atoms with van der Waals surface area (Å²) in [6.07, 6.45) is 3.32. The SMILES string of the molecule is CC(C(=O)Nc1cccc(NC(=O)c2cccc(OCC(N)=O)c2)c1)n1cccn1. The van der Waals surface area contributed by atoms with Crippen LogP contribution in [0.25, 0.3) is 0 Å². The van der Waals surface area contributed by atoms with Gasteiger partial charge < -0.3 is 21.1 Å². The average molecular weight is 407 g/mol. The average Bonchev–Trinajstić information content (AvgIpc) is 3.27. The normalized spacial score (nSPS) is 11.4. The van der Waals surface area contributed by atoms with E-state index in [0.29, 0.717) is 22.7 Å². The van der Waals surface area contributed by atoms with Crippen LogP contribution in [0.3, 0.4) is 0 Å². The van der Waals surface area contributed by atoms with Crippen molar-refractivity contribution in [1.82, 2.24) is 9.78 Å². The third kappa shape index (κ3) is 5.44. The molecular formula is C21H21N5O4. The van der Waals surface area contributed by atoms with Crippen LogP contribution in [0, 0.1) is 0 Å². The van der Waals surface area contributed by atoms with Gasteiger partial charge >= 0.3 is 0 Å². The molecule has 0 fully saturated rings. The highest BCUT2D eigenvalue weighted by molar-refractivity contribution is 6.05. The van der Waals surface area contributed by atoms with Crippen LogP contribution in [0.2, 0.25) is 0 Å². The predicted molar refractivity (Wildman–Crippen MR) is 111 cm³/mol. The first kappa shape index (κ1) is 20.6. The molecule has 4 N–H and O–H groups in total. The minimum Gasteiger partial charge on any atom is -0.484 e. The van der Waals surface area contributed by atoms with E-state index in [4.69, 9.17) is 10.5 Å². The molecule has 0 saturated heterocycles. The standard InChI is InChI=1S/C21H21N5O4/c1-14(26-10-4-9-23-26)20(28)24-16-6-3-7-17(12-16)25-21(29)15-5-2-8-18(11-15)30-13-19(22)27/h2-12,14H,13H2,1H3,(H2,22,27)(H,24,28)(H,25,29). The number of nitrogens with one attached hydrogen (secondary N) is 2. The van der Waals surface area contributed by atoms with Crippen molar-refractivity contribution in [3.05, 3.63) is 72.6 Å². The minimum atomic E-state index is -0.606. The van der Waals surface area contributed by atoms with E-state index in [1.165, 1.54) is 6.07 Å². The number of nitrogens with zero attached hydrogens (tertiary/aromatic N) is 2. The van der Waals surface area contributed by atoms with E-state index in [-0.39, 0.29) is 18.4 Å². The lowest BCUT2D eigenvalue weighted by atomic mass is 10.2. The smallest absolute Gasteiger partial charge is 0.255 e. The summed E-state index contributed by atoms with van der Waals surface area (Å²) in [5.74, 6) is -0.852. The van der Waals surface area contributed by atoms with E-state index in [1.54, 1.807) is 72.5 Å². The first-order chi connectivity index (χ1) is 14.4. The number of hydrogen-bond acceptors (Lipinski definition) is 5. The zero-order valence-electron chi connectivity index (χ0n) is 16.2. The third-order valence-electron chi connectivity index (χ3n) is 4.17. The quantitative estimate of drug-likeness (QED) is 0.527. The Balaban J connectivity index is 1.65. The molecule has 0 aliphatic carbocycles. The van der Waals surface area contributed by atoms with Crippen molar-refractivity contribution in [2.45, 2.75) is 13.0 Å². The van der Waals surface area contributed by atoms with Crippen molar-refractivity contribution in [2.75, 3.05) is 17.2 Å². The van der Waals surface area contributed by atoms with Crippen LogP contribution >= 0.6 is 0 Å². The Morgan fingerprint density at radius 3 is 2.50 bits per heavy atom.